The molecule has 0 aromatic carbocycles. The third-order valence-corrected chi connectivity index (χ3v) is 0.365. The first-order valence-electron chi connectivity index (χ1n) is 1.88. The first-order chi connectivity index (χ1) is 2.27. The van der Waals surface area contributed by atoms with Crippen molar-refractivity contribution in [3.05, 3.63) is 0 Å². The van der Waals surface area contributed by atoms with Crippen LogP contribution in [0.4, 0.5) is 0 Å². The average molecular weight is 151 g/mol. The molecular weight excluding hydrogens is 137 g/mol. The van der Waals surface area contributed by atoms with E-state index in [1.807, 2.05) is 13.8 Å². The van der Waals surface area contributed by atoms with Gasteiger partial charge in [0.25, 0.3) is 0 Å². The van der Waals surface area contributed by atoms with Crippen molar-refractivity contribution < 1.29 is 5.11 Å². The second kappa shape index (κ2) is 5.50. The second-order valence-corrected chi connectivity index (χ2v) is 1.58. The van der Waals surface area contributed by atoms with E-state index in [9.17, 15) is 0 Å². The Bertz CT molecular complexity index is 21.5. The molecule has 0 aliphatic heterocycles. The van der Waals surface area contributed by atoms with Crippen molar-refractivity contribution in [2.45, 2.75) is 13.8 Å². The van der Waals surface area contributed by atoms with E-state index in [0.717, 1.165) is 0 Å². The monoisotopic (exact) mass is 152 g/mol. The molecule has 0 radical (unpaired) electrons. The maximum atomic E-state index is 8.14. The summed E-state index contributed by atoms with van der Waals surface area (Å²) in [5.41, 5.74) is 0. The molecule has 0 aliphatic carbocycles. The van der Waals surface area contributed by atoms with E-state index in [0.29, 0.717) is 12.5 Å². The van der Waals surface area contributed by atoms with Gasteiger partial charge in [-0.1, -0.05) is 13.8 Å². The van der Waals surface area contributed by atoms with E-state index < -0.39 is 0 Å². The van der Waals surface area contributed by atoms with Gasteiger partial charge in [0.2, 0.25) is 0 Å². The number of hydrogen-bond acceptors (Lipinski definition) is 1. The number of aliphatic hydroxyl groups excluding tert-OH is 1. The summed E-state index contributed by atoms with van der Waals surface area (Å²) in [7, 11) is 0. The summed E-state index contributed by atoms with van der Waals surface area (Å²) in [5, 5.41) is 8.14. The van der Waals surface area contributed by atoms with Gasteiger partial charge in [0, 0.05) is 6.61 Å². The summed E-state index contributed by atoms with van der Waals surface area (Å²) < 4.78 is 0. The van der Waals surface area contributed by atoms with Gasteiger partial charge in [0.15, 0.2) is 0 Å². The molecule has 0 spiro atoms. The molecule has 0 rings (SSSR count). The number of hydrogen-bond donors (Lipinski definition) is 1. The Kier molecular flexibility index (Phi) is 8.91. The normalized spacial score (nSPS) is 8.00. The summed E-state index contributed by atoms with van der Waals surface area (Å²) >= 11 is 0. The molecule has 0 atom stereocenters. The van der Waals surface area contributed by atoms with Gasteiger partial charge in [-0.25, -0.2) is 0 Å². The first kappa shape index (κ1) is 9.71. The van der Waals surface area contributed by atoms with Crippen LogP contribution >= 0.6 is 0 Å². The van der Waals surface area contributed by atoms with Gasteiger partial charge >= 0.3 is 17.6 Å². The molecule has 1 nitrogen and oxygen atoms in total. The average Bonchev–Trinajstić information content (AvgIpc) is 1.38. The summed E-state index contributed by atoms with van der Waals surface area (Å²) in [6.07, 6.45) is 0. The van der Waals surface area contributed by atoms with E-state index in [1.54, 1.807) is 0 Å². The molecule has 0 amide bonds. The molecule has 0 bridgehead atoms. The Morgan fingerprint density at radius 3 is 1.67 bits per heavy atom. The van der Waals surface area contributed by atoms with Crippen molar-refractivity contribution in [1.82, 2.24) is 0 Å². The molecule has 40 valence electrons. The van der Waals surface area contributed by atoms with Crippen molar-refractivity contribution in [2.24, 2.45) is 5.92 Å². The van der Waals surface area contributed by atoms with Crippen LogP contribution in [0.25, 0.3) is 0 Å². The topological polar surface area (TPSA) is 20.2 Å². The van der Waals surface area contributed by atoms with Crippen LogP contribution in [-0.2, 0) is 0 Å². The summed E-state index contributed by atoms with van der Waals surface area (Å²) in [6.45, 7) is 4.25. The molecule has 6 heavy (non-hydrogen) atoms. The van der Waals surface area contributed by atoms with Gasteiger partial charge in [0.05, 0.1) is 0 Å². The zero-order chi connectivity index (χ0) is 4.28. The van der Waals surface area contributed by atoms with Crippen LogP contribution in [0.5, 0.6) is 0 Å². The third-order valence-electron chi connectivity index (χ3n) is 0.365. The van der Waals surface area contributed by atoms with Crippen LogP contribution in [0, 0.1) is 5.92 Å². The van der Waals surface area contributed by atoms with Crippen molar-refractivity contribution in [3.8, 4) is 0 Å². The van der Waals surface area contributed by atoms with Crippen LogP contribution < -0.4 is 0 Å². The van der Waals surface area contributed by atoms with Gasteiger partial charge < -0.3 is 5.11 Å². The molecule has 0 heterocycles. The van der Waals surface area contributed by atoms with Crippen LogP contribution in [0.15, 0.2) is 0 Å². The van der Waals surface area contributed by atoms with Crippen molar-refractivity contribution in [3.63, 3.8) is 0 Å². The minimum atomic E-state index is 0. The Morgan fingerprint density at radius 2 is 1.67 bits per heavy atom. The summed E-state index contributed by atoms with van der Waals surface area (Å²) in [6, 6.07) is 0. The molecule has 1 N–H and O–H groups in total. The molecule has 0 unspecified atom stereocenters. The molecule has 0 saturated carbocycles. The molecular formula is C4H14GeO. The number of aliphatic hydroxyl groups is 1. The minimum absolute atomic E-state index is 0. The van der Waals surface area contributed by atoms with Crippen LogP contribution in [-0.4, -0.2) is 29.3 Å². The molecule has 0 fully saturated rings. The molecule has 0 saturated heterocycles. The van der Waals surface area contributed by atoms with Gasteiger partial charge in [-0.3, -0.25) is 0 Å². The molecule has 0 aromatic heterocycles. The van der Waals surface area contributed by atoms with E-state index >= 15 is 0 Å². The third kappa shape index (κ3) is 8.82. The SMILES string of the molecule is CC(C)CO.[GeH4]. The zero-order valence-corrected chi connectivity index (χ0v) is 3.73. The van der Waals surface area contributed by atoms with Crippen molar-refractivity contribution in [2.75, 3.05) is 6.61 Å². The van der Waals surface area contributed by atoms with Gasteiger partial charge in [-0.15, -0.1) is 0 Å². The van der Waals surface area contributed by atoms with Crippen LogP contribution in [0.1, 0.15) is 13.8 Å². The van der Waals surface area contributed by atoms with Gasteiger partial charge in [-0.2, -0.15) is 0 Å². The Morgan fingerprint density at radius 1 is 1.50 bits per heavy atom. The number of rotatable bonds is 1. The van der Waals surface area contributed by atoms with Gasteiger partial charge in [-0.05, 0) is 5.92 Å². The summed E-state index contributed by atoms with van der Waals surface area (Å²) in [5.74, 6) is 0.440. The fourth-order valence-electron chi connectivity index (χ4n) is 0. The van der Waals surface area contributed by atoms with Crippen LogP contribution in [0.2, 0.25) is 0 Å². The van der Waals surface area contributed by atoms with Crippen molar-refractivity contribution >= 4 is 17.6 Å². The Hall–Kier alpha value is 0.503. The van der Waals surface area contributed by atoms with E-state index in [1.165, 1.54) is 0 Å². The van der Waals surface area contributed by atoms with Crippen LogP contribution in [0.3, 0.4) is 0 Å². The molecule has 0 aliphatic rings. The molecule has 2 heteroatoms. The van der Waals surface area contributed by atoms with Crippen molar-refractivity contribution in [1.29, 1.82) is 0 Å². The quantitative estimate of drug-likeness (QED) is 0.485. The standard InChI is InChI=1S/C4H10O.GeH4/c1-4(2)3-5;/h4-5H,3H2,1-2H3;1H4. The fourth-order valence-corrected chi connectivity index (χ4v) is 0. The maximum absolute atomic E-state index is 8.14. The first-order valence-corrected chi connectivity index (χ1v) is 1.88. The Labute approximate surface area is 49.7 Å². The zero-order valence-electron chi connectivity index (χ0n) is 3.73. The predicted octanol–water partition coefficient (Wildman–Crippen LogP) is -0.817. The van der Waals surface area contributed by atoms with Gasteiger partial charge in [0.1, 0.15) is 0 Å². The Balaban J connectivity index is 0. The molecule has 0 aromatic rings. The second-order valence-electron chi connectivity index (χ2n) is 1.58. The predicted molar refractivity (Wildman–Crippen MR) is 33.3 cm³/mol. The fraction of sp³-hybridized carbons (Fsp3) is 1.00. The van der Waals surface area contributed by atoms with E-state index in [4.69, 9.17) is 5.11 Å². The van der Waals surface area contributed by atoms with E-state index in [-0.39, 0.29) is 17.6 Å². The van der Waals surface area contributed by atoms with E-state index in [2.05, 4.69) is 0 Å². The summed E-state index contributed by atoms with van der Waals surface area (Å²) in [4.78, 5) is 0.